The van der Waals surface area contributed by atoms with E-state index in [0.29, 0.717) is 24.4 Å². The van der Waals surface area contributed by atoms with E-state index in [2.05, 4.69) is 0 Å². The molecule has 1 aromatic rings. The Morgan fingerprint density at radius 2 is 2.06 bits per heavy atom. The molecule has 2 N–H and O–H groups in total. The Labute approximate surface area is 103 Å². The van der Waals surface area contributed by atoms with Gasteiger partial charge in [-0.05, 0) is 24.1 Å². The summed E-state index contributed by atoms with van der Waals surface area (Å²) in [6, 6.07) is 3.43. The maximum Gasteiger partial charge on any atom is 0.401 e. The second kappa shape index (κ2) is 4.68. The van der Waals surface area contributed by atoms with Crippen LogP contribution in [-0.4, -0.2) is 31.3 Å². The molecular weight excluding hydrogens is 245 g/mol. The monoisotopic (exact) mass is 260 g/mol. The van der Waals surface area contributed by atoms with Gasteiger partial charge in [0.25, 0.3) is 0 Å². The Morgan fingerprint density at radius 1 is 1.33 bits per heavy atom. The molecule has 2 rings (SSSR count). The fourth-order valence-corrected chi connectivity index (χ4v) is 2.30. The summed E-state index contributed by atoms with van der Waals surface area (Å²) < 4.78 is 42.3. The minimum atomic E-state index is -4.18. The standard InChI is InChI=1S/C12H15F3N2O/c1-18-11-3-2-10(16)9-6-17(5-4-8(9)11)7-12(13,14)15/h2-3H,4-7,16H2,1H3. The van der Waals surface area contributed by atoms with Gasteiger partial charge in [-0.25, -0.2) is 0 Å². The summed E-state index contributed by atoms with van der Waals surface area (Å²) in [5.74, 6) is 0.700. The molecule has 0 saturated carbocycles. The number of halogens is 3. The second-order valence-electron chi connectivity index (χ2n) is 4.39. The van der Waals surface area contributed by atoms with Crippen molar-refractivity contribution in [3.05, 3.63) is 23.3 Å². The Morgan fingerprint density at radius 3 is 2.67 bits per heavy atom. The number of nitrogens with zero attached hydrogens (tertiary/aromatic N) is 1. The molecule has 18 heavy (non-hydrogen) atoms. The predicted octanol–water partition coefficient (Wildman–Crippen LogP) is 2.20. The van der Waals surface area contributed by atoms with Crippen LogP contribution in [0.4, 0.5) is 18.9 Å². The molecule has 0 aromatic heterocycles. The number of ether oxygens (including phenoxy) is 1. The third-order valence-corrected chi connectivity index (χ3v) is 3.11. The topological polar surface area (TPSA) is 38.5 Å². The predicted molar refractivity (Wildman–Crippen MR) is 62.4 cm³/mol. The third-order valence-electron chi connectivity index (χ3n) is 3.11. The van der Waals surface area contributed by atoms with E-state index in [0.717, 1.165) is 11.1 Å². The van der Waals surface area contributed by atoms with Crippen LogP contribution in [0, 0.1) is 0 Å². The zero-order valence-electron chi connectivity index (χ0n) is 10.0. The van der Waals surface area contributed by atoms with Crippen LogP contribution in [0.15, 0.2) is 12.1 Å². The summed E-state index contributed by atoms with van der Waals surface area (Å²) in [6.07, 6.45) is -3.65. The number of alkyl halides is 3. The molecule has 0 atom stereocenters. The molecule has 0 spiro atoms. The zero-order valence-corrected chi connectivity index (χ0v) is 10.0. The Balaban J connectivity index is 2.24. The van der Waals surface area contributed by atoms with E-state index < -0.39 is 12.7 Å². The number of hydrogen-bond acceptors (Lipinski definition) is 3. The molecular formula is C12H15F3N2O. The van der Waals surface area contributed by atoms with Gasteiger partial charge in [-0.1, -0.05) is 0 Å². The first-order valence-corrected chi connectivity index (χ1v) is 5.64. The number of benzene rings is 1. The largest absolute Gasteiger partial charge is 0.496 e. The molecule has 1 aliphatic heterocycles. The minimum absolute atomic E-state index is 0.220. The summed E-state index contributed by atoms with van der Waals surface area (Å²) in [6.45, 7) is -0.312. The van der Waals surface area contributed by atoms with Crippen molar-refractivity contribution in [2.45, 2.75) is 19.1 Å². The van der Waals surface area contributed by atoms with Crippen molar-refractivity contribution in [3.8, 4) is 5.75 Å². The summed E-state index contributed by atoms with van der Waals surface area (Å²) in [5, 5.41) is 0. The van der Waals surface area contributed by atoms with Crippen LogP contribution in [0.5, 0.6) is 5.75 Å². The van der Waals surface area contributed by atoms with Gasteiger partial charge in [0.2, 0.25) is 0 Å². The van der Waals surface area contributed by atoms with Crippen LogP contribution >= 0.6 is 0 Å². The van der Waals surface area contributed by atoms with E-state index in [-0.39, 0.29) is 6.54 Å². The molecule has 0 fully saturated rings. The summed E-state index contributed by atoms with van der Waals surface area (Å²) >= 11 is 0. The van der Waals surface area contributed by atoms with E-state index >= 15 is 0 Å². The number of rotatable bonds is 2. The van der Waals surface area contributed by atoms with Gasteiger partial charge in [-0.15, -0.1) is 0 Å². The normalized spacial score (nSPS) is 16.4. The highest BCUT2D eigenvalue weighted by Gasteiger charge is 2.33. The minimum Gasteiger partial charge on any atom is -0.496 e. The van der Waals surface area contributed by atoms with Crippen LogP contribution in [0.3, 0.4) is 0 Å². The van der Waals surface area contributed by atoms with E-state index in [4.69, 9.17) is 10.5 Å². The Bertz CT molecular complexity index is 446. The highest BCUT2D eigenvalue weighted by Crippen LogP contribution is 2.33. The van der Waals surface area contributed by atoms with Crippen molar-refractivity contribution in [2.75, 3.05) is 25.9 Å². The van der Waals surface area contributed by atoms with Crippen LogP contribution in [-0.2, 0) is 13.0 Å². The van der Waals surface area contributed by atoms with Crippen LogP contribution in [0.2, 0.25) is 0 Å². The highest BCUT2D eigenvalue weighted by atomic mass is 19.4. The molecule has 1 aromatic carbocycles. The second-order valence-corrected chi connectivity index (χ2v) is 4.39. The number of anilines is 1. The summed E-state index contributed by atoms with van der Waals surface area (Å²) in [5.41, 5.74) is 8.03. The molecule has 1 heterocycles. The Hall–Kier alpha value is -1.43. The average Bonchev–Trinajstić information content (AvgIpc) is 2.28. The molecule has 1 aliphatic rings. The van der Waals surface area contributed by atoms with Crippen molar-refractivity contribution in [1.82, 2.24) is 4.90 Å². The van der Waals surface area contributed by atoms with Crippen molar-refractivity contribution >= 4 is 5.69 Å². The van der Waals surface area contributed by atoms with Gasteiger partial charge in [0.15, 0.2) is 0 Å². The van der Waals surface area contributed by atoms with Gasteiger partial charge in [0.05, 0.1) is 13.7 Å². The van der Waals surface area contributed by atoms with Crippen molar-refractivity contribution in [2.24, 2.45) is 0 Å². The van der Waals surface area contributed by atoms with Crippen molar-refractivity contribution < 1.29 is 17.9 Å². The average molecular weight is 260 g/mol. The first-order valence-electron chi connectivity index (χ1n) is 5.64. The van der Waals surface area contributed by atoms with Crippen LogP contribution < -0.4 is 10.5 Å². The van der Waals surface area contributed by atoms with E-state index in [1.807, 2.05) is 0 Å². The fraction of sp³-hybridized carbons (Fsp3) is 0.500. The molecule has 100 valence electrons. The summed E-state index contributed by atoms with van der Waals surface area (Å²) in [4.78, 5) is 1.36. The lowest BCUT2D eigenvalue weighted by Crippen LogP contribution is -2.38. The maximum atomic E-state index is 12.4. The number of methoxy groups -OCH3 is 1. The molecule has 0 aliphatic carbocycles. The molecule has 0 saturated heterocycles. The molecule has 0 unspecified atom stereocenters. The van der Waals surface area contributed by atoms with Gasteiger partial charge >= 0.3 is 6.18 Å². The van der Waals surface area contributed by atoms with Crippen molar-refractivity contribution in [1.29, 1.82) is 0 Å². The van der Waals surface area contributed by atoms with Crippen LogP contribution in [0.25, 0.3) is 0 Å². The molecule has 6 heteroatoms. The lowest BCUT2D eigenvalue weighted by atomic mass is 9.97. The molecule has 0 bridgehead atoms. The fourth-order valence-electron chi connectivity index (χ4n) is 2.30. The SMILES string of the molecule is COc1ccc(N)c2c1CCN(CC(F)(F)F)C2. The highest BCUT2D eigenvalue weighted by molar-refractivity contribution is 5.57. The van der Waals surface area contributed by atoms with Gasteiger partial charge in [-0.3, -0.25) is 4.90 Å². The number of nitrogen functional groups attached to an aromatic ring is 1. The van der Waals surface area contributed by atoms with Gasteiger partial charge < -0.3 is 10.5 Å². The zero-order chi connectivity index (χ0) is 13.3. The van der Waals surface area contributed by atoms with Gasteiger partial charge in [-0.2, -0.15) is 13.2 Å². The number of nitrogens with two attached hydrogens (primary N) is 1. The molecule has 3 nitrogen and oxygen atoms in total. The first-order chi connectivity index (χ1) is 8.40. The van der Waals surface area contributed by atoms with E-state index in [1.165, 1.54) is 4.90 Å². The lowest BCUT2D eigenvalue weighted by molar-refractivity contribution is -0.147. The third kappa shape index (κ3) is 2.69. The van der Waals surface area contributed by atoms with Gasteiger partial charge in [0, 0.05) is 24.3 Å². The number of hydrogen-bond donors (Lipinski definition) is 1. The summed E-state index contributed by atoms with van der Waals surface area (Å²) in [7, 11) is 1.55. The van der Waals surface area contributed by atoms with Crippen molar-refractivity contribution in [3.63, 3.8) is 0 Å². The number of fused-ring (bicyclic) bond motifs is 1. The molecule has 0 amide bonds. The Kier molecular flexibility index (Phi) is 3.38. The first kappa shape index (κ1) is 13.0. The van der Waals surface area contributed by atoms with E-state index in [9.17, 15) is 13.2 Å². The maximum absolute atomic E-state index is 12.4. The van der Waals surface area contributed by atoms with Crippen LogP contribution in [0.1, 0.15) is 11.1 Å². The quantitative estimate of drug-likeness (QED) is 0.828. The lowest BCUT2D eigenvalue weighted by Gasteiger charge is -2.31. The molecule has 0 radical (unpaired) electrons. The smallest absolute Gasteiger partial charge is 0.401 e. The van der Waals surface area contributed by atoms with E-state index in [1.54, 1.807) is 19.2 Å². The van der Waals surface area contributed by atoms with Gasteiger partial charge in [0.1, 0.15) is 5.75 Å².